The van der Waals surface area contributed by atoms with Crippen LogP contribution < -0.4 is 14.8 Å². The first-order valence-electron chi connectivity index (χ1n) is 10.0. The van der Waals surface area contributed by atoms with Gasteiger partial charge in [0, 0.05) is 23.5 Å². The summed E-state index contributed by atoms with van der Waals surface area (Å²) < 4.78 is 13.8. The minimum atomic E-state index is -0.314. The van der Waals surface area contributed by atoms with Crippen LogP contribution in [0.1, 0.15) is 28.8 Å². The zero-order valence-electron chi connectivity index (χ0n) is 16.8. The van der Waals surface area contributed by atoms with Gasteiger partial charge < -0.3 is 14.8 Å². The smallest absolute Gasteiger partial charge is 0.226 e. The minimum Gasteiger partial charge on any atom is -0.497 e. The predicted octanol–water partition coefficient (Wildman–Crippen LogP) is 4.24. The molecule has 0 spiro atoms. The van der Waals surface area contributed by atoms with E-state index in [2.05, 4.69) is 32.5 Å². The summed E-state index contributed by atoms with van der Waals surface area (Å²) in [5, 5.41) is 8.02. The van der Waals surface area contributed by atoms with Gasteiger partial charge in [0.2, 0.25) is 5.95 Å². The molecule has 0 aliphatic carbocycles. The number of nitrogens with zero attached hydrogens (tertiary/aromatic N) is 4. The fraction of sp³-hybridized carbons (Fsp3) is 0.125. The Hall–Kier alpha value is -4.13. The lowest BCUT2D eigenvalue weighted by Crippen LogP contribution is -2.32. The molecule has 2 aromatic heterocycles. The van der Waals surface area contributed by atoms with Crippen molar-refractivity contribution in [2.75, 3.05) is 12.4 Å². The van der Waals surface area contributed by atoms with Crippen LogP contribution in [0, 0.1) is 0 Å². The lowest BCUT2D eigenvalue weighted by molar-refractivity contribution is 0.223. The molecule has 2 aliphatic rings. The molecule has 0 unspecified atom stereocenters. The lowest BCUT2D eigenvalue weighted by Gasteiger charge is -2.38. The van der Waals surface area contributed by atoms with E-state index in [1.165, 1.54) is 0 Å². The maximum absolute atomic E-state index is 6.58. The van der Waals surface area contributed by atoms with Gasteiger partial charge in [-0.15, -0.1) is 0 Å². The van der Waals surface area contributed by atoms with Crippen molar-refractivity contribution in [3.05, 3.63) is 102 Å². The van der Waals surface area contributed by atoms with E-state index in [0.717, 1.165) is 39.5 Å². The van der Waals surface area contributed by atoms with Crippen LogP contribution in [0.2, 0.25) is 0 Å². The summed E-state index contributed by atoms with van der Waals surface area (Å²) in [4.78, 5) is 8.80. The summed E-state index contributed by atoms with van der Waals surface area (Å²) in [6.07, 6.45) is 4.90. The highest BCUT2D eigenvalue weighted by molar-refractivity contribution is 5.85. The highest BCUT2D eigenvalue weighted by Crippen LogP contribution is 2.50. The van der Waals surface area contributed by atoms with E-state index < -0.39 is 0 Å². The van der Waals surface area contributed by atoms with Gasteiger partial charge in [0.05, 0.1) is 12.8 Å². The van der Waals surface area contributed by atoms with Crippen molar-refractivity contribution in [2.24, 2.45) is 0 Å². The molecule has 2 atom stereocenters. The second-order valence-electron chi connectivity index (χ2n) is 7.44. The molecule has 152 valence electrons. The van der Waals surface area contributed by atoms with Crippen LogP contribution in [0.5, 0.6) is 11.5 Å². The number of ether oxygens (including phenoxy) is 2. The van der Waals surface area contributed by atoms with Crippen LogP contribution in [-0.2, 0) is 0 Å². The molecular weight excluding hydrogens is 390 g/mol. The van der Waals surface area contributed by atoms with Gasteiger partial charge in [-0.25, -0.2) is 4.68 Å². The van der Waals surface area contributed by atoms with E-state index in [0.29, 0.717) is 5.95 Å². The highest BCUT2D eigenvalue weighted by atomic mass is 16.5. The molecule has 0 saturated heterocycles. The van der Waals surface area contributed by atoms with Crippen molar-refractivity contribution in [1.29, 1.82) is 0 Å². The molecule has 4 heterocycles. The van der Waals surface area contributed by atoms with E-state index in [9.17, 15) is 0 Å². The van der Waals surface area contributed by atoms with E-state index in [-0.39, 0.29) is 12.1 Å². The molecule has 1 N–H and O–H groups in total. The summed E-state index contributed by atoms with van der Waals surface area (Å²) >= 11 is 0. The number of pyridine rings is 1. The summed E-state index contributed by atoms with van der Waals surface area (Å²) in [6.45, 7) is 0. The average molecular weight is 409 g/mol. The monoisotopic (exact) mass is 409 g/mol. The molecule has 0 amide bonds. The van der Waals surface area contributed by atoms with Crippen LogP contribution in [-0.4, -0.2) is 26.9 Å². The second kappa shape index (κ2) is 6.98. The van der Waals surface area contributed by atoms with Gasteiger partial charge in [0.15, 0.2) is 0 Å². The zero-order chi connectivity index (χ0) is 20.8. The third-order valence-electron chi connectivity index (χ3n) is 5.74. The van der Waals surface area contributed by atoms with Crippen LogP contribution in [0.25, 0.3) is 5.70 Å². The van der Waals surface area contributed by atoms with E-state index in [1.807, 2.05) is 59.4 Å². The van der Waals surface area contributed by atoms with Gasteiger partial charge >= 0.3 is 0 Å². The fourth-order valence-corrected chi connectivity index (χ4v) is 4.33. The van der Waals surface area contributed by atoms with Crippen molar-refractivity contribution in [2.45, 2.75) is 12.1 Å². The molecule has 31 heavy (non-hydrogen) atoms. The third kappa shape index (κ3) is 2.78. The average Bonchev–Trinajstić information content (AvgIpc) is 3.31. The number of hydrogen-bond acceptors (Lipinski definition) is 6. The number of fused-ring (bicyclic) bond motifs is 3. The number of aromatic nitrogens is 4. The molecule has 7 nitrogen and oxygen atoms in total. The largest absolute Gasteiger partial charge is 0.497 e. The third-order valence-corrected chi connectivity index (χ3v) is 5.74. The van der Waals surface area contributed by atoms with Gasteiger partial charge in [0.1, 0.15) is 30.0 Å². The van der Waals surface area contributed by atoms with Crippen molar-refractivity contribution < 1.29 is 9.47 Å². The topological polar surface area (TPSA) is 74.1 Å². The molecule has 2 aromatic carbocycles. The molecule has 4 aromatic rings. The van der Waals surface area contributed by atoms with Crippen molar-refractivity contribution in [1.82, 2.24) is 19.7 Å². The molecule has 0 saturated carbocycles. The predicted molar refractivity (Wildman–Crippen MR) is 116 cm³/mol. The van der Waals surface area contributed by atoms with Gasteiger partial charge in [-0.2, -0.15) is 10.1 Å². The Morgan fingerprint density at radius 1 is 1.00 bits per heavy atom. The number of hydrogen-bond donors (Lipinski definition) is 1. The van der Waals surface area contributed by atoms with Gasteiger partial charge in [-0.3, -0.25) is 4.98 Å². The second-order valence-corrected chi connectivity index (χ2v) is 7.44. The Balaban J connectivity index is 1.60. The maximum atomic E-state index is 6.58. The molecule has 0 bridgehead atoms. The highest BCUT2D eigenvalue weighted by Gasteiger charge is 2.40. The van der Waals surface area contributed by atoms with E-state index in [1.54, 1.807) is 19.6 Å². The van der Waals surface area contributed by atoms with Crippen LogP contribution in [0.15, 0.2) is 85.0 Å². The Morgan fingerprint density at radius 2 is 1.87 bits per heavy atom. The zero-order valence-corrected chi connectivity index (χ0v) is 16.8. The lowest BCUT2D eigenvalue weighted by atomic mass is 9.85. The van der Waals surface area contributed by atoms with Crippen molar-refractivity contribution >= 4 is 11.6 Å². The molecule has 7 heteroatoms. The number of benzene rings is 2. The normalized spacial score (nSPS) is 18.9. The molecule has 0 radical (unpaired) electrons. The van der Waals surface area contributed by atoms with Gasteiger partial charge in [0.25, 0.3) is 0 Å². The molecule has 6 rings (SSSR count). The van der Waals surface area contributed by atoms with Crippen LogP contribution >= 0.6 is 0 Å². The standard InChI is InChI=1S/C24H19N5O2/c1-30-17-10-8-15(9-11-17)23-20-21(18-6-2-3-7-19(18)31-23)28-24-26-14-27-29(24)22(20)16-5-4-12-25-13-16/h2-14,22-23H,1H3,(H,26,27,28)/t22-,23-/m1/s1. The van der Waals surface area contributed by atoms with Crippen molar-refractivity contribution in [3.63, 3.8) is 0 Å². The summed E-state index contributed by atoms with van der Waals surface area (Å²) in [5.41, 5.74) is 5.11. The number of anilines is 1. The minimum absolute atomic E-state index is 0.206. The van der Waals surface area contributed by atoms with Gasteiger partial charge in [-0.05, 0) is 41.5 Å². The number of nitrogens with one attached hydrogen (secondary N) is 1. The van der Waals surface area contributed by atoms with E-state index in [4.69, 9.17) is 9.47 Å². The first-order valence-corrected chi connectivity index (χ1v) is 10.0. The fourth-order valence-electron chi connectivity index (χ4n) is 4.33. The Labute approximate surface area is 179 Å². The number of rotatable bonds is 3. The summed E-state index contributed by atoms with van der Waals surface area (Å²) in [7, 11) is 1.67. The molecular formula is C24H19N5O2. The quantitative estimate of drug-likeness (QED) is 0.546. The first-order chi connectivity index (χ1) is 15.3. The Kier molecular flexibility index (Phi) is 3.99. The summed E-state index contributed by atoms with van der Waals surface area (Å²) in [6, 6.07) is 19.8. The van der Waals surface area contributed by atoms with Gasteiger partial charge in [-0.1, -0.05) is 30.3 Å². The van der Waals surface area contributed by atoms with Crippen LogP contribution in [0.3, 0.4) is 0 Å². The first kappa shape index (κ1) is 17.7. The number of methoxy groups -OCH3 is 1. The SMILES string of the molecule is COc1ccc([C@H]2Oc3ccccc3C3=C2[C@@H](c2cccnc2)n2ncnc2N3)cc1. The Bertz CT molecular complexity index is 1280. The Morgan fingerprint density at radius 3 is 2.68 bits per heavy atom. The molecule has 2 aliphatic heterocycles. The van der Waals surface area contributed by atoms with Crippen molar-refractivity contribution in [3.8, 4) is 11.5 Å². The molecule has 0 fully saturated rings. The van der Waals surface area contributed by atoms with E-state index >= 15 is 0 Å². The maximum Gasteiger partial charge on any atom is 0.226 e. The van der Waals surface area contributed by atoms with Crippen LogP contribution in [0.4, 0.5) is 5.95 Å². The number of para-hydroxylation sites is 1. The summed E-state index contributed by atoms with van der Waals surface area (Å²) in [5.74, 6) is 2.32.